The summed E-state index contributed by atoms with van der Waals surface area (Å²) in [4.78, 5) is 19.6. The van der Waals surface area contributed by atoms with Crippen LogP contribution in [-0.4, -0.2) is 37.5 Å². The predicted octanol–water partition coefficient (Wildman–Crippen LogP) is 5.49. The average molecular weight is 547 g/mol. The summed E-state index contributed by atoms with van der Waals surface area (Å²) in [7, 11) is 0. The molecular weight excluding hydrogens is 524 g/mol. The lowest BCUT2D eigenvalue weighted by Crippen LogP contribution is -2.17. The molecular formula is C27H23ClN6O3S. The summed E-state index contributed by atoms with van der Waals surface area (Å²) in [6, 6.07) is 12.4. The zero-order valence-corrected chi connectivity index (χ0v) is 22.4. The number of rotatable bonds is 4. The van der Waals surface area contributed by atoms with E-state index in [4.69, 9.17) is 26.5 Å². The fourth-order valence-corrected chi connectivity index (χ4v) is 6.17. The standard InChI is InChI=1S/C27H23ClN6O3S/c1-13-14(2)38-27-23(13)24(16-4-6-18(28)7-5-16)30-21(25-32-31-15(3)34(25)27)11-22(35)29-19-8-9-20-17(10-19)12-37-26(20)33-36/h4-10,21,36H,11-12H2,1-3H3,(H,29,35)/b33-26-/t21-/m0/s1. The van der Waals surface area contributed by atoms with Crippen molar-refractivity contribution in [2.24, 2.45) is 10.1 Å². The van der Waals surface area contributed by atoms with Gasteiger partial charge in [-0.1, -0.05) is 23.7 Å². The molecule has 0 saturated heterocycles. The van der Waals surface area contributed by atoms with Crippen molar-refractivity contribution >= 4 is 46.1 Å². The van der Waals surface area contributed by atoms with E-state index >= 15 is 0 Å². The van der Waals surface area contributed by atoms with Crippen molar-refractivity contribution in [1.29, 1.82) is 0 Å². The topological polar surface area (TPSA) is 114 Å². The Morgan fingerprint density at radius 2 is 2.00 bits per heavy atom. The van der Waals surface area contributed by atoms with Crippen LogP contribution < -0.4 is 5.32 Å². The van der Waals surface area contributed by atoms with E-state index < -0.39 is 6.04 Å². The number of oxime groups is 1. The van der Waals surface area contributed by atoms with Crippen LogP contribution in [0, 0.1) is 20.8 Å². The molecule has 0 aliphatic carbocycles. The van der Waals surface area contributed by atoms with Gasteiger partial charge in [-0.15, -0.1) is 21.5 Å². The van der Waals surface area contributed by atoms with E-state index in [9.17, 15) is 4.79 Å². The number of nitrogens with one attached hydrogen (secondary N) is 1. The number of aliphatic imine (C=N–C) groups is 1. The summed E-state index contributed by atoms with van der Waals surface area (Å²) in [5, 5.41) is 25.6. The predicted molar refractivity (Wildman–Crippen MR) is 146 cm³/mol. The minimum atomic E-state index is -0.563. The number of fused-ring (bicyclic) bond motifs is 4. The molecule has 1 amide bonds. The molecule has 2 aliphatic rings. The first-order valence-corrected chi connectivity index (χ1v) is 13.2. The van der Waals surface area contributed by atoms with Gasteiger partial charge >= 0.3 is 0 Å². The smallest absolute Gasteiger partial charge is 0.258 e. The number of anilines is 1. The number of carbonyl (C=O) groups excluding carboxylic acids is 1. The normalized spacial score (nSPS) is 16.8. The highest BCUT2D eigenvalue weighted by atomic mass is 35.5. The summed E-state index contributed by atoms with van der Waals surface area (Å²) >= 11 is 7.85. The minimum absolute atomic E-state index is 0.0686. The Morgan fingerprint density at radius 1 is 1.21 bits per heavy atom. The maximum Gasteiger partial charge on any atom is 0.258 e. The number of ether oxygens (including phenoxy) is 1. The van der Waals surface area contributed by atoms with Crippen molar-refractivity contribution in [2.45, 2.75) is 39.8 Å². The Balaban J connectivity index is 1.39. The van der Waals surface area contributed by atoms with Crippen molar-refractivity contribution in [3.8, 4) is 5.00 Å². The van der Waals surface area contributed by atoms with Gasteiger partial charge in [0.2, 0.25) is 5.91 Å². The summed E-state index contributed by atoms with van der Waals surface area (Å²) in [5.74, 6) is 1.32. The third-order valence-corrected chi connectivity index (χ3v) is 8.25. The van der Waals surface area contributed by atoms with Crippen molar-refractivity contribution in [3.05, 3.63) is 91.8 Å². The number of thiophene rings is 1. The highest BCUT2D eigenvalue weighted by molar-refractivity contribution is 7.15. The lowest BCUT2D eigenvalue weighted by atomic mass is 9.99. The molecule has 0 radical (unpaired) electrons. The van der Waals surface area contributed by atoms with E-state index in [0.717, 1.165) is 38.8 Å². The molecule has 4 aromatic rings. The molecule has 0 unspecified atom stereocenters. The Morgan fingerprint density at radius 3 is 2.76 bits per heavy atom. The van der Waals surface area contributed by atoms with E-state index in [1.54, 1.807) is 23.5 Å². The number of nitrogens with zero attached hydrogens (tertiary/aromatic N) is 5. The molecule has 4 heterocycles. The van der Waals surface area contributed by atoms with Crippen molar-refractivity contribution in [3.63, 3.8) is 0 Å². The summed E-state index contributed by atoms with van der Waals surface area (Å²) in [6.45, 7) is 6.37. The van der Waals surface area contributed by atoms with Gasteiger partial charge in [-0.25, -0.2) is 0 Å². The molecule has 0 fully saturated rings. The summed E-state index contributed by atoms with van der Waals surface area (Å²) in [6.07, 6.45) is 0.0686. The first-order valence-electron chi connectivity index (χ1n) is 12.0. The number of aromatic nitrogens is 3. The SMILES string of the molecule is Cc1sc2c(c1C)C(c1ccc(Cl)cc1)=N[C@@H](CC(=O)Nc1ccc3c(c1)CO/C3=N\O)c1nnc(C)n1-2. The highest BCUT2D eigenvalue weighted by Gasteiger charge is 2.32. The van der Waals surface area contributed by atoms with Gasteiger partial charge in [-0.2, -0.15) is 0 Å². The van der Waals surface area contributed by atoms with Crippen LogP contribution in [0.5, 0.6) is 0 Å². The van der Waals surface area contributed by atoms with Crippen LogP contribution in [0.15, 0.2) is 52.6 Å². The van der Waals surface area contributed by atoms with Gasteiger partial charge in [0.15, 0.2) is 5.82 Å². The number of benzene rings is 2. The van der Waals surface area contributed by atoms with Crippen LogP contribution in [0.3, 0.4) is 0 Å². The molecule has 6 rings (SSSR count). The lowest BCUT2D eigenvalue weighted by molar-refractivity contribution is -0.116. The van der Waals surface area contributed by atoms with Crippen molar-refractivity contribution in [2.75, 3.05) is 5.32 Å². The third-order valence-electron chi connectivity index (χ3n) is 6.81. The molecule has 11 heteroatoms. The Kier molecular flexibility index (Phi) is 6.00. The minimum Gasteiger partial charge on any atom is -0.470 e. The second kappa shape index (κ2) is 9.38. The first kappa shape index (κ1) is 24.3. The van der Waals surface area contributed by atoms with E-state index in [1.165, 1.54) is 4.88 Å². The molecule has 2 N–H and O–H groups in total. The number of hydrogen-bond acceptors (Lipinski definition) is 8. The van der Waals surface area contributed by atoms with E-state index in [1.807, 2.05) is 41.8 Å². The van der Waals surface area contributed by atoms with Crippen molar-refractivity contribution in [1.82, 2.24) is 14.8 Å². The van der Waals surface area contributed by atoms with Gasteiger partial charge in [0.05, 0.1) is 12.1 Å². The van der Waals surface area contributed by atoms with Crippen LogP contribution >= 0.6 is 22.9 Å². The van der Waals surface area contributed by atoms with Crippen LogP contribution in [0.25, 0.3) is 5.00 Å². The molecule has 9 nitrogen and oxygen atoms in total. The second-order valence-corrected chi connectivity index (χ2v) is 10.9. The number of carbonyl (C=O) groups is 1. The van der Waals surface area contributed by atoms with E-state index in [-0.39, 0.29) is 24.8 Å². The zero-order valence-electron chi connectivity index (χ0n) is 20.8. The Bertz CT molecular complexity index is 1650. The molecule has 1 atom stereocenters. The third kappa shape index (κ3) is 4.06. The van der Waals surface area contributed by atoms with E-state index in [2.05, 4.69) is 34.5 Å². The fourth-order valence-electron chi connectivity index (χ4n) is 4.83. The monoisotopic (exact) mass is 546 g/mol. The average Bonchev–Trinajstić information content (AvgIpc) is 3.54. The first-order chi connectivity index (χ1) is 18.3. The second-order valence-electron chi connectivity index (χ2n) is 9.22. The molecule has 2 aromatic carbocycles. The van der Waals surface area contributed by atoms with Gasteiger partial charge in [0.1, 0.15) is 23.5 Å². The quantitative estimate of drug-likeness (QED) is 0.259. The van der Waals surface area contributed by atoms with Gasteiger partial charge in [0, 0.05) is 37.8 Å². The van der Waals surface area contributed by atoms with Crippen LogP contribution in [0.4, 0.5) is 5.69 Å². The van der Waals surface area contributed by atoms with Gasteiger partial charge < -0.3 is 15.3 Å². The maximum absolute atomic E-state index is 13.3. The summed E-state index contributed by atoms with van der Waals surface area (Å²) in [5.41, 5.74) is 6.02. The Labute approximate surface area is 227 Å². The van der Waals surface area contributed by atoms with Crippen LogP contribution in [0.2, 0.25) is 5.02 Å². The number of aryl methyl sites for hydroxylation is 2. The molecule has 0 bridgehead atoms. The maximum atomic E-state index is 13.3. The lowest BCUT2D eigenvalue weighted by Gasteiger charge is -2.13. The molecule has 0 saturated carbocycles. The molecule has 38 heavy (non-hydrogen) atoms. The van der Waals surface area contributed by atoms with E-state index in [0.29, 0.717) is 22.1 Å². The number of amides is 1. The van der Waals surface area contributed by atoms with Crippen LogP contribution in [-0.2, 0) is 16.1 Å². The van der Waals surface area contributed by atoms with Crippen molar-refractivity contribution < 1.29 is 14.7 Å². The number of hydrogen-bond donors (Lipinski definition) is 2. The highest BCUT2D eigenvalue weighted by Crippen LogP contribution is 2.39. The van der Waals surface area contributed by atoms with Gasteiger partial charge in [-0.3, -0.25) is 14.4 Å². The van der Waals surface area contributed by atoms with Gasteiger partial charge in [0.25, 0.3) is 5.90 Å². The molecule has 2 aliphatic heterocycles. The molecule has 192 valence electrons. The molecule has 2 aromatic heterocycles. The summed E-state index contributed by atoms with van der Waals surface area (Å²) < 4.78 is 7.38. The van der Waals surface area contributed by atoms with Gasteiger partial charge in [-0.05, 0) is 61.8 Å². The fraction of sp³-hybridized carbons (Fsp3) is 0.222. The Hall–Kier alpha value is -4.02. The largest absolute Gasteiger partial charge is 0.470 e. The number of halogens is 1. The zero-order chi connectivity index (χ0) is 26.6. The molecule has 0 spiro atoms. The van der Waals surface area contributed by atoms with Crippen LogP contribution in [0.1, 0.15) is 56.8 Å².